The summed E-state index contributed by atoms with van der Waals surface area (Å²) in [7, 11) is 0. The zero-order valence-corrected chi connectivity index (χ0v) is 13.8. The number of tetrazole rings is 1. The molecular formula is C14H23N5O2S. The van der Waals surface area contributed by atoms with Gasteiger partial charge in [0.1, 0.15) is 0 Å². The van der Waals surface area contributed by atoms with E-state index in [-0.39, 0.29) is 12.0 Å². The van der Waals surface area contributed by atoms with Gasteiger partial charge in [-0.2, -0.15) is 0 Å². The van der Waals surface area contributed by atoms with Gasteiger partial charge < -0.3 is 9.64 Å². The summed E-state index contributed by atoms with van der Waals surface area (Å²) in [5.41, 5.74) is 0. The van der Waals surface area contributed by atoms with Crippen LogP contribution in [-0.4, -0.2) is 62.1 Å². The quantitative estimate of drug-likeness (QED) is 0.761. The van der Waals surface area contributed by atoms with E-state index in [4.69, 9.17) is 4.74 Å². The topological polar surface area (TPSA) is 73.1 Å². The molecule has 0 aromatic carbocycles. The Balaban J connectivity index is 1.52. The predicted molar refractivity (Wildman–Crippen MR) is 82.5 cm³/mol. The Bertz CT molecular complexity index is 503. The summed E-state index contributed by atoms with van der Waals surface area (Å²) < 4.78 is 7.37. The van der Waals surface area contributed by atoms with Crippen LogP contribution in [0.2, 0.25) is 0 Å². The Hall–Kier alpha value is -1.15. The number of thioether (sulfide) groups is 1. The molecule has 1 aromatic heterocycles. The fourth-order valence-electron chi connectivity index (χ4n) is 3.07. The zero-order valence-electron chi connectivity index (χ0n) is 13.0. The molecule has 122 valence electrons. The molecule has 0 bridgehead atoms. The van der Waals surface area contributed by atoms with Gasteiger partial charge in [-0.05, 0) is 49.5 Å². The summed E-state index contributed by atoms with van der Waals surface area (Å²) in [6, 6.07) is 0.352. The second-order valence-corrected chi connectivity index (χ2v) is 6.94. The first-order chi connectivity index (χ1) is 10.7. The minimum Gasteiger partial charge on any atom is -0.376 e. The Morgan fingerprint density at radius 1 is 1.36 bits per heavy atom. The lowest BCUT2D eigenvalue weighted by atomic mass is 10.0. The van der Waals surface area contributed by atoms with Gasteiger partial charge in [0.15, 0.2) is 0 Å². The second-order valence-electron chi connectivity index (χ2n) is 6.00. The van der Waals surface area contributed by atoms with Gasteiger partial charge >= 0.3 is 0 Å². The van der Waals surface area contributed by atoms with Crippen LogP contribution < -0.4 is 0 Å². The van der Waals surface area contributed by atoms with E-state index < -0.39 is 0 Å². The van der Waals surface area contributed by atoms with Crippen molar-refractivity contribution < 1.29 is 9.53 Å². The molecule has 0 aliphatic carbocycles. The number of rotatable bonds is 5. The highest BCUT2D eigenvalue weighted by atomic mass is 32.2. The summed E-state index contributed by atoms with van der Waals surface area (Å²) >= 11 is 1.42. The van der Waals surface area contributed by atoms with Crippen LogP contribution in [0.3, 0.4) is 0 Å². The Kier molecular flexibility index (Phi) is 5.30. The van der Waals surface area contributed by atoms with E-state index in [1.807, 2.05) is 4.90 Å². The van der Waals surface area contributed by atoms with Crippen LogP contribution in [0.15, 0.2) is 5.16 Å². The van der Waals surface area contributed by atoms with Gasteiger partial charge in [-0.3, -0.25) is 4.79 Å². The van der Waals surface area contributed by atoms with Gasteiger partial charge in [0.25, 0.3) is 0 Å². The van der Waals surface area contributed by atoms with Crippen LogP contribution in [0.5, 0.6) is 0 Å². The average molecular weight is 325 g/mol. The standard InChI is InChI=1S/C14H23N5O2S/c1-11-5-2-3-7-18(11)13(20)10-22-14-15-16-17-19(14)9-12-6-4-8-21-12/h11-12H,2-10H2,1H3. The first-order valence-corrected chi connectivity index (χ1v) is 9.02. The molecule has 2 unspecified atom stereocenters. The van der Waals surface area contributed by atoms with Gasteiger partial charge in [-0.15, -0.1) is 5.10 Å². The maximum absolute atomic E-state index is 12.4. The molecule has 8 heteroatoms. The van der Waals surface area contributed by atoms with Crippen LogP contribution in [-0.2, 0) is 16.1 Å². The van der Waals surface area contributed by atoms with Crippen LogP contribution in [0.1, 0.15) is 39.0 Å². The Labute approximate surface area is 134 Å². The van der Waals surface area contributed by atoms with E-state index in [0.29, 0.717) is 23.5 Å². The van der Waals surface area contributed by atoms with Crippen LogP contribution in [0.4, 0.5) is 0 Å². The predicted octanol–water partition coefficient (Wildman–Crippen LogP) is 1.35. The molecule has 3 rings (SSSR count). The number of piperidine rings is 1. The van der Waals surface area contributed by atoms with Gasteiger partial charge in [0.2, 0.25) is 11.1 Å². The molecule has 2 aliphatic heterocycles. The molecule has 2 atom stereocenters. The molecule has 2 fully saturated rings. The molecular weight excluding hydrogens is 302 g/mol. The van der Waals surface area contributed by atoms with Crippen molar-refractivity contribution in [1.82, 2.24) is 25.1 Å². The van der Waals surface area contributed by atoms with E-state index in [0.717, 1.165) is 38.8 Å². The normalized spacial score (nSPS) is 25.6. The number of ether oxygens (including phenoxy) is 1. The van der Waals surface area contributed by atoms with Crippen molar-refractivity contribution in [3.63, 3.8) is 0 Å². The maximum Gasteiger partial charge on any atom is 0.233 e. The number of amides is 1. The smallest absolute Gasteiger partial charge is 0.233 e. The summed E-state index contributed by atoms with van der Waals surface area (Å²) in [4.78, 5) is 14.4. The molecule has 0 spiro atoms. The number of carbonyl (C=O) groups is 1. The van der Waals surface area contributed by atoms with Crippen molar-refractivity contribution in [3.8, 4) is 0 Å². The third-order valence-corrected chi connectivity index (χ3v) is 5.29. The minimum atomic E-state index is 0.184. The van der Waals surface area contributed by atoms with Crippen molar-refractivity contribution in [1.29, 1.82) is 0 Å². The van der Waals surface area contributed by atoms with Crippen molar-refractivity contribution >= 4 is 17.7 Å². The average Bonchev–Trinajstić information content (AvgIpc) is 3.18. The van der Waals surface area contributed by atoms with Crippen molar-refractivity contribution in [2.75, 3.05) is 18.9 Å². The van der Waals surface area contributed by atoms with Gasteiger partial charge in [0, 0.05) is 19.2 Å². The molecule has 1 aromatic rings. The van der Waals surface area contributed by atoms with Crippen molar-refractivity contribution in [2.24, 2.45) is 0 Å². The summed E-state index contributed by atoms with van der Waals surface area (Å²) in [5, 5.41) is 12.5. The van der Waals surface area contributed by atoms with E-state index in [1.54, 1.807) is 4.68 Å². The van der Waals surface area contributed by atoms with E-state index in [2.05, 4.69) is 22.4 Å². The van der Waals surface area contributed by atoms with Crippen LogP contribution in [0, 0.1) is 0 Å². The number of likely N-dealkylation sites (tertiary alicyclic amines) is 1. The number of hydrogen-bond donors (Lipinski definition) is 0. The van der Waals surface area contributed by atoms with E-state index >= 15 is 0 Å². The zero-order chi connectivity index (χ0) is 15.4. The molecule has 2 saturated heterocycles. The van der Waals surface area contributed by atoms with Crippen molar-refractivity contribution in [3.05, 3.63) is 0 Å². The molecule has 1 amide bonds. The second kappa shape index (κ2) is 7.41. The molecule has 0 saturated carbocycles. The first-order valence-electron chi connectivity index (χ1n) is 8.04. The first kappa shape index (κ1) is 15.7. The lowest BCUT2D eigenvalue weighted by Gasteiger charge is -2.33. The lowest BCUT2D eigenvalue weighted by molar-refractivity contribution is -0.131. The highest BCUT2D eigenvalue weighted by Crippen LogP contribution is 2.21. The van der Waals surface area contributed by atoms with Crippen LogP contribution >= 0.6 is 11.8 Å². The van der Waals surface area contributed by atoms with Gasteiger partial charge in [-0.1, -0.05) is 11.8 Å². The highest BCUT2D eigenvalue weighted by molar-refractivity contribution is 7.99. The molecule has 3 heterocycles. The molecule has 7 nitrogen and oxygen atoms in total. The van der Waals surface area contributed by atoms with Crippen molar-refractivity contribution in [2.45, 2.75) is 62.9 Å². The fourth-order valence-corrected chi connectivity index (χ4v) is 3.85. The summed E-state index contributed by atoms with van der Waals surface area (Å²) in [5.74, 6) is 0.583. The van der Waals surface area contributed by atoms with Gasteiger partial charge in [-0.25, -0.2) is 4.68 Å². The van der Waals surface area contributed by atoms with Crippen LogP contribution in [0.25, 0.3) is 0 Å². The number of nitrogens with zero attached hydrogens (tertiary/aromatic N) is 5. The van der Waals surface area contributed by atoms with E-state index in [9.17, 15) is 4.79 Å². The number of hydrogen-bond acceptors (Lipinski definition) is 6. The fraction of sp³-hybridized carbons (Fsp3) is 0.857. The maximum atomic E-state index is 12.4. The SMILES string of the molecule is CC1CCCCN1C(=O)CSc1nnnn1CC1CCCO1. The summed E-state index contributed by atoms with van der Waals surface area (Å²) in [6.45, 7) is 4.49. The van der Waals surface area contributed by atoms with E-state index in [1.165, 1.54) is 18.2 Å². The third kappa shape index (κ3) is 3.78. The summed E-state index contributed by atoms with van der Waals surface area (Å²) in [6.07, 6.45) is 5.78. The third-order valence-electron chi connectivity index (χ3n) is 4.35. The lowest BCUT2D eigenvalue weighted by Crippen LogP contribution is -2.43. The monoisotopic (exact) mass is 325 g/mol. The van der Waals surface area contributed by atoms with Gasteiger partial charge in [0.05, 0.1) is 18.4 Å². The minimum absolute atomic E-state index is 0.184. The Morgan fingerprint density at radius 2 is 2.27 bits per heavy atom. The molecule has 0 radical (unpaired) electrons. The molecule has 22 heavy (non-hydrogen) atoms. The molecule has 2 aliphatic rings. The number of carbonyl (C=O) groups excluding carboxylic acids is 1. The number of aromatic nitrogens is 4. The Morgan fingerprint density at radius 3 is 3.05 bits per heavy atom. The highest BCUT2D eigenvalue weighted by Gasteiger charge is 2.24. The largest absolute Gasteiger partial charge is 0.376 e. The molecule has 0 N–H and O–H groups in total.